The molecule has 1 aromatic carbocycles. The second-order valence-corrected chi connectivity index (χ2v) is 9.40. The second kappa shape index (κ2) is 9.73. The molecule has 5 rings (SSSR count). The fraction of sp³-hybridized carbons (Fsp3) is 0.407. The van der Waals surface area contributed by atoms with Crippen molar-refractivity contribution >= 4 is 16.9 Å². The summed E-state index contributed by atoms with van der Waals surface area (Å²) in [7, 11) is 0. The molecule has 0 N–H and O–H groups in total. The lowest BCUT2D eigenvalue weighted by atomic mass is 10.1. The van der Waals surface area contributed by atoms with Crippen LogP contribution >= 0.6 is 0 Å². The fourth-order valence-corrected chi connectivity index (χ4v) is 5.11. The molecule has 1 atom stereocenters. The number of rotatable bonds is 8. The molecule has 0 aliphatic carbocycles. The van der Waals surface area contributed by atoms with Crippen LogP contribution in [0.25, 0.3) is 11.2 Å². The number of ether oxygens (including phenoxy) is 1. The third-order valence-electron chi connectivity index (χ3n) is 7.09. The molecule has 0 bridgehead atoms. The summed E-state index contributed by atoms with van der Waals surface area (Å²) in [6.07, 6.45) is 3.76. The van der Waals surface area contributed by atoms with E-state index in [4.69, 9.17) is 4.74 Å². The van der Waals surface area contributed by atoms with Crippen LogP contribution < -0.4 is 11.2 Å². The summed E-state index contributed by atoms with van der Waals surface area (Å²) in [5.41, 5.74) is 2.82. The third kappa shape index (κ3) is 4.24. The number of benzene rings is 1. The number of ketones is 1. The van der Waals surface area contributed by atoms with Crippen molar-refractivity contribution in [1.82, 2.24) is 23.3 Å². The smallest absolute Gasteiger partial charge is 0.333 e. The molecule has 1 saturated heterocycles. The van der Waals surface area contributed by atoms with E-state index in [1.54, 1.807) is 10.9 Å². The Hall–Kier alpha value is -3.72. The van der Waals surface area contributed by atoms with Gasteiger partial charge in [0, 0.05) is 36.6 Å². The number of aromatic nitrogens is 5. The lowest BCUT2D eigenvalue weighted by Gasteiger charge is -2.15. The van der Waals surface area contributed by atoms with Gasteiger partial charge in [0.1, 0.15) is 0 Å². The lowest BCUT2D eigenvalue weighted by molar-refractivity contribution is 0.0947. The van der Waals surface area contributed by atoms with Crippen LogP contribution in [0.2, 0.25) is 0 Å². The summed E-state index contributed by atoms with van der Waals surface area (Å²) >= 11 is 0. The van der Waals surface area contributed by atoms with E-state index in [1.807, 2.05) is 57.2 Å². The summed E-state index contributed by atoms with van der Waals surface area (Å²) in [5, 5.41) is 0. The highest BCUT2D eigenvalue weighted by molar-refractivity contribution is 5.97. The average molecular weight is 490 g/mol. The minimum atomic E-state index is -0.542. The van der Waals surface area contributed by atoms with E-state index in [-0.39, 0.29) is 25.0 Å². The van der Waals surface area contributed by atoms with Crippen molar-refractivity contribution in [3.05, 3.63) is 86.1 Å². The molecule has 36 heavy (non-hydrogen) atoms. The first-order chi connectivity index (χ1) is 17.4. The van der Waals surface area contributed by atoms with Gasteiger partial charge in [-0.1, -0.05) is 30.3 Å². The van der Waals surface area contributed by atoms with Crippen LogP contribution in [0.3, 0.4) is 0 Å². The zero-order valence-corrected chi connectivity index (χ0v) is 20.9. The number of hydrogen-bond acceptors (Lipinski definition) is 5. The minimum absolute atomic E-state index is 0.141. The summed E-state index contributed by atoms with van der Waals surface area (Å²) in [5.74, 6) is -0.269. The number of hydrogen-bond donors (Lipinski definition) is 0. The van der Waals surface area contributed by atoms with Crippen molar-refractivity contribution in [2.45, 2.75) is 65.9 Å². The van der Waals surface area contributed by atoms with Gasteiger partial charge in [0.25, 0.3) is 5.56 Å². The van der Waals surface area contributed by atoms with Crippen LogP contribution in [-0.2, 0) is 30.9 Å². The number of carbonyl (C=O) groups is 1. The molecule has 3 aromatic heterocycles. The Labute approximate surface area is 208 Å². The third-order valence-corrected chi connectivity index (χ3v) is 7.09. The second-order valence-electron chi connectivity index (χ2n) is 9.40. The fourth-order valence-electron chi connectivity index (χ4n) is 5.11. The first-order valence-corrected chi connectivity index (χ1v) is 12.4. The lowest BCUT2D eigenvalue weighted by Crippen LogP contribution is -2.42. The maximum absolute atomic E-state index is 13.6. The monoisotopic (exact) mass is 489 g/mol. The number of fused-ring (bicyclic) bond motifs is 1. The van der Waals surface area contributed by atoms with Gasteiger partial charge in [-0.25, -0.2) is 9.78 Å². The van der Waals surface area contributed by atoms with E-state index in [0.717, 1.165) is 41.0 Å². The predicted molar refractivity (Wildman–Crippen MR) is 137 cm³/mol. The standard InChI is InChI=1S/C27H31N5O4/c1-4-29-17-28-25-24(29)26(34)32(27(35)31(25)14-20-9-6-5-7-10-20)16-23(33)22-13-18(2)30(19(22)3)15-21-11-8-12-36-21/h5-7,9-10,13,17,21H,4,8,11-12,14-16H2,1-3H3. The average Bonchev–Trinajstić information content (AvgIpc) is 3.61. The Morgan fingerprint density at radius 1 is 1.11 bits per heavy atom. The molecule has 0 radical (unpaired) electrons. The Balaban J connectivity index is 1.55. The number of carbonyl (C=O) groups excluding carboxylic acids is 1. The highest BCUT2D eigenvalue weighted by Gasteiger charge is 2.24. The molecule has 1 aliphatic rings. The Morgan fingerprint density at radius 2 is 1.89 bits per heavy atom. The van der Waals surface area contributed by atoms with Gasteiger partial charge in [0.2, 0.25) is 0 Å². The maximum Gasteiger partial charge on any atom is 0.333 e. The van der Waals surface area contributed by atoms with E-state index in [1.165, 1.54) is 4.57 Å². The summed E-state index contributed by atoms with van der Waals surface area (Å²) < 4.78 is 12.1. The van der Waals surface area contributed by atoms with Gasteiger partial charge in [-0.05, 0) is 45.2 Å². The molecule has 0 amide bonds. The van der Waals surface area contributed by atoms with Crippen molar-refractivity contribution < 1.29 is 9.53 Å². The molecule has 9 nitrogen and oxygen atoms in total. The summed E-state index contributed by atoms with van der Waals surface area (Å²) in [6.45, 7) is 7.67. The SMILES string of the molecule is CCn1cnc2c1c(=O)n(CC(=O)c1cc(C)n(CC3CCCO3)c1C)c(=O)n2Cc1ccccc1. The quantitative estimate of drug-likeness (QED) is 0.355. The molecule has 1 aliphatic heterocycles. The zero-order valence-electron chi connectivity index (χ0n) is 20.9. The van der Waals surface area contributed by atoms with Gasteiger partial charge < -0.3 is 13.9 Å². The Kier molecular flexibility index (Phi) is 6.49. The predicted octanol–water partition coefficient (Wildman–Crippen LogP) is 2.91. The van der Waals surface area contributed by atoms with Crippen LogP contribution in [0.15, 0.2) is 52.3 Å². The maximum atomic E-state index is 13.6. The first kappa shape index (κ1) is 24.0. The summed E-state index contributed by atoms with van der Waals surface area (Å²) in [4.78, 5) is 44.9. The van der Waals surface area contributed by atoms with Crippen LogP contribution in [0.1, 0.15) is 47.1 Å². The molecule has 4 aromatic rings. The highest BCUT2D eigenvalue weighted by Crippen LogP contribution is 2.21. The van der Waals surface area contributed by atoms with Crippen molar-refractivity contribution in [2.24, 2.45) is 0 Å². The van der Waals surface area contributed by atoms with E-state index in [0.29, 0.717) is 29.8 Å². The Bertz CT molecular complexity index is 1530. The number of nitrogens with zero attached hydrogens (tertiary/aromatic N) is 5. The van der Waals surface area contributed by atoms with Crippen molar-refractivity contribution in [3.8, 4) is 0 Å². The molecule has 1 unspecified atom stereocenters. The first-order valence-electron chi connectivity index (χ1n) is 12.4. The number of imidazole rings is 1. The zero-order chi connectivity index (χ0) is 25.4. The number of Topliss-reactive ketones (excluding diaryl/α,β-unsaturated/α-hetero) is 1. The van der Waals surface area contributed by atoms with Gasteiger partial charge in [-0.3, -0.25) is 18.7 Å². The van der Waals surface area contributed by atoms with E-state index in [9.17, 15) is 14.4 Å². The van der Waals surface area contributed by atoms with Gasteiger partial charge in [-0.15, -0.1) is 0 Å². The molecule has 4 heterocycles. The van der Waals surface area contributed by atoms with Crippen LogP contribution in [0.4, 0.5) is 0 Å². The van der Waals surface area contributed by atoms with E-state index < -0.39 is 11.2 Å². The van der Waals surface area contributed by atoms with Crippen molar-refractivity contribution in [2.75, 3.05) is 6.61 Å². The molecule has 0 saturated carbocycles. The van der Waals surface area contributed by atoms with Crippen LogP contribution in [-0.4, -0.2) is 41.7 Å². The van der Waals surface area contributed by atoms with Crippen LogP contribution in [0, 0.1) is 13.8 Å². The van der Waals surface area contributed by atoms with Crippen LogP contribution in [0.5, 0.6) is 0 Å². The minimum Gasteiger partial charge on any atom is -0.376 e. The van der Waals surface area contributed by atoms with Crippen molar-refractivity contribution in [3.63, 3.8) is 0 Å². The molecular formula is C27H31N5O4. The van der Waals surface area contributed by atoms with Gasteiger partial charge in [0.05, 0.1) is 25.5 Å². The molecular weight excluding hydrogens is 458 g/mol. The van der Waals surface area contributed by atoms with Crippen molar-refractivity contribution in [1.29, 1.82) is 0 Å². The topological polar surface area (TPSA) is 93.1 Å². The van der Waals surface area contributed by atoms with E-state index in [2.05, 4.69) is 9.55 Å². The molecule has 188 valence electrons. The van der Waals surface area contributed by atoms with Gasteiger partial charge in [-0.2, -0.15) is 0 Å². The Morgan fingerprint density at radius 3 is 2.58 bits per heavy atom. The highest BCUT2D eigenvalue weighted by atomic mass is 16.5. The number of aryl methyl sites for hydroxylation is 2. The summed E-state index contributed by atoms with van der Waals surface area (Å²) in [6, 6.07) is 11.4. The van der Waals surface area contributed by atoms with Gasteiger partial charge in [0.15, 0.2) is 16.9 Å². The molecule has 9 heteroatoms. The van der Waals surface area contributed by atoms with Gasteiger partial charge >= 0.3 is 5.69 Å². The molecule has 0 spiro atoms. The largest absolute Gasteiger partial charge is 0.376 e. The van der Waals surface area contributed by atoms with E-state index >= 15 is 0 Å². The molecule has 1 fully saturated rings. The normalized spacial score (nSPS) is 15.7.